The summed E-state index contributed by atoms with van der Waals surface area (Å²) in [6.45, 7) is 2.21. The Labute approximate surface area is 146 Å². The van der Waals surface area contributed by atoms with Gasteiger partial charge in [-0.05, 0) is 61.4 Å². The van der Waals surface area contributed by atoms with E-state index in [1.165, 1.54) is 18.5 Å². The molecule has 2 aromatic rings. The van der Waals surface area contributed by atoms with E-state index in [1.54, 1.807) is 24.3 Å². The van der Waals surface area contributed by atoms with Crippen molar-refractivity contribution in [3.8, 4) is 5.75 Å². The average Bonchev–Trinajstić information content (AvgIpc) is 3.05. The molecule has 1 aliphatic heterocycles. The molecule has 0 spiro atoms. The monoisotopic (exact) mass is 352 g/mol. The molecule has 1 heterocycles. The van der Waals surface area contributed by atoms with E-state index in [0.717, 1.165) is 13.1 Å². The van der Waals surface area contributed by atoms with Crippen LogP contribution in [0.3, 0.4) is 0 Å². The molecule has 0 aromatic heterocycles. The Morgan fingerprint density at radius 2 is 1.61 bits per heavy atom. The molecule has 0 bridgehead atoms. The maximum absolute atomic E-state index is 11.8. The molecule has 1 saturated heterocycles. The van der Waals surface area contributed by atoms with Crippen LogP contribution in [0.2, 0.25) is 5.02 Å². The Kier molecular flexibility index (Phi) is 6.13. The van der Waals surface area contributed by atoms with E-state index in [0.29, 0.717) is 16.5 Å². The van der Waals surface area contributed by atoms with Gasteiger partial charge in [0.2, 0.25) is 0 Å². The zero-order chi connectivity index (χ0) is 15.4. The van der Waals surface area contributed by atoms with Gasteiger partial charge >= 0.3 is 6.09 Å². The normalized spacial score (nSPS) is 13.3. The summed E-state index contributed by atoms with van der Waals surface area (Å²) in [6, 6.07) is 14.5. The number of nitrogens with one attached hydrogen (secondary N) is 1. The summed E-state index contributed by atoms with van der Waals surface area (Å²) in [5.74, 6) is 0.454. The van der Waals surface area contributed by atoms with Crippen LogP contribution in [-0.2, 0) is 0 Å². The van der Waals surface area contributed by atoms with Crippen molar-refractivity contribution in [2.45, 2.75) is 12.8 Å². The fourth-order valence-electron chi connectivity index (χ4n) is 2.48. The van der Waals surface area contributed by atoms with Crippen molar-refractivity contribution < 1.29 is 9.53 Å². The maximum Gasteiger partial charge on any atom is 0.417 e. The number of ether oxygens (including phenoxy) is 1. The highest BCUT2D eigenvalue weighted by atomic mass is 35.5. The molecule has 0 atom stereocenters. The van der Waals surface area contributed by atoms with Crippen LogP contribution in [0.1, 0.15) is 12.8 Å². The topological polar surface area (TPSA) is 41.6 Å². The number of hydrogen-bond donors (Lipinski definition) is 1. The van der Waals surface area contributed by atoms with Crippen LogP contribution < -0.4 is 15.0 Å². The summed E-state index contributed by atoms with van der Waals surface area (Å²) in [6.07, 6.45) is 1.97. The van der Waals surface area contributed by atoms with Crippen LogP contribution in [0.4, 0.5) is 16.2 Å². The molecule has 0 unspecified atom stereocenters. The maximum atomic E-state index is 11.8. The highest BCUT2D eigenvalue weighted by Crippen LogP contribution is 2.22. The second kappa shape index (κ2) is 8.09. The Bertz CT molecular complexity index is 639. The Balaban J connectivity index is 0.00000192. The first-order valence-corrected chi connectivity index (χ1v) is 7.68. The molecule has 1 amide bonds. The second-order valence-electron chi connectivity index (χ2n) is 5.21. The number of halogens is 2. The van der Waals surface area contributed by atoms with Gasteiger partial charge in [-0.1, -0.05) is 11.6 Å². The van der Waals surface area contributed by atoms with E-state index in [4.69, 9.17) is 16.3 Å². The van der Waals surface area contributed by atoms with Crippen molar-refractivity contribution in [1.29, 1.82) is 0 Å². The van der Waals surface area contributed by atoms with Gasteiger partial charge in [0.1, 0.15) is 5.75 Å². The number of carbonyl (C=O) groups excluding carboxylic acids is 1. The van der Waals surface area contributed by atoms with Crippen molar-refractivity contribution >= 4 is 41.5 Å². The minimum absolute atomic E-state index is 0. The SMILES string of the molecule is Cl.O=C(Nc1ccc(N2CCCC2)cc1)Oc1ccc(Cl)cc1. The molecule has 4 nitrogen and oxygen atoms in total. The van der Waals surface area contributed by atoms with Gasteiger partial charge < -0.3 is 9.64 Å². The summed E-state index contributed by atoms with van der Waals surface area (Å²) in [5.41, 5.74) is 1.90. The van der Waals surface area contributed by atoms with Gasteiger partial charge in [-0.15, -0.1) is 12.4 Å². The lowest BCUT2D eigenvalue weighted by Gasteiger charge is -2.17. The van der Waals surface area contributed by atoms with Crippen LogP contribution in [-0.4, -0.2) is 19.2 Å². The number of amides is 1. The number of rotatable bonds is 3. The van der Waals surface area contributed by atoms with Crippen LogP contribution in [0, 0.1) is 0 Å². The highest BCUT2D eigenvalue weighted by molar-refractivity contribution is 6.30. The highest BCUT2D eigenvalue weighted by Gasteiger charge is 2.12. The van der Waals surface area contributed by atoms with Gasteiger partial charge in [0.15, 0.2) is 0 Å². The average molecular weight is 353 g/mol. The first kappa shape index (κ1) is 17.4. The Hall–Kier alpha value is -1.91. The van der Waals surface area contributed by atoms with Crippen molar-refractivity contribution in [2.24, 2.45) is 0 Å². The van der Waals surface area contributed by atoms with E-state index in [-0.39, 0.29) is 12.4 Å². The van der Waals surface area contributed by atoms with Crippen molar-refractivity contribution in [2.75, 3.05) is 23.3 Å². The standard InChI is InChI=1S/C17H17ClN2O2.ClH/c18-13-3-9-16(10-4-13)22-17(21)19-14-5-7-15(8-6-14)20-11-1-2-12-20;/h3-10H,1-2,11-12H2,(H,19,21);1H. The van der Waals surface area contributed by atoms with Crippen molar-refractivity contribution in [3.63, 3.8) is 0 Å². The van der Waals surface area contributed by atoms with Crippen LogP contribution in [0.5, 0.6) is 5.75 Å². The first-order chi connectivity index (χ1) is 10.7. The van der Waals surface area contributed by atoms with Gasteiger partial charge in [0, 0.05) is 29.5 Å². The minimum Gasteiger partial charge on any atom is -0.410 e. The lowest BCUT2D eigenvalue weighted by molar-refractivity contribution is 0.215. The van der Waals surface area contributed by atoms with E-state index in [9.17, 15) is 4.79 Å². The molecule has 23 heavy (non-hydrogen) atoms. The predicted molar refractivity (Wildman–Crippen MR) is 96.2 cm³/mol. The number of carbonyl (C=O) groups is 1. The smallest absolute Gasteiger partial charge is 0.410 e. The van der Waals surface area contributed by atoms with Gasteiger partial charge in [-0.2, -0.15) is 0 Å². The lowest BCUT2D eigenvalue weighted by Crippen LogP contribution is -2.18. The Morgan fingerprint density at radius 1 is 1.00 bits per heavy atom. The van der Waals surface area contributed by atoms with Gasteiger partial charge in [-0.25, -0.2) is 4.79 Å². The third-order valence-electron chi connectivity index (χ3n) is 3.61. The molecule has 0 radical (unpaired) electrons. The van der Waals surface area contributed by atoms with Crippen LogP contribution in [0.15, 0.2) is 48.5 Å². The summed E-state index contributed by atoms with van der Waals surface area (Å²) in [7, 11) is 0. The molecule has 1 N–H and O–H groups in total. The molecular formula is C17H18Cl2N2O2. The molecule has 0 saturated carbocycles. The number of anilines is 2. The molecule has 2 aromatic carbocycles. The predicted octanol–water partition coefficient (Wildman–Crippen LogP) is 4.97. The largest absolute Gasteiger partial charge is 0.417 e. The third-order valence-corrected chi connectivity index (χ3v) is 3.86. The lowest BCUT2D eigenvalue weighted by atomic mass is 10.2. The van der Waals surface area contributed by atoms with Crippen LogP contribution in [0.25, 0.3) is 0 Å². The minimum atomic E-state index is -0.517. The fraction of sp³-hybridized carbons (Fsp3) is 0.235. The van der Waals surface area contributed by atoms with E-state index in [2.05, 4.69) is 10.2 Å². The molecule has 3 rings (SSSR count). The summed E-state index contributed by atoms with van der Waals surface area (Å²) in [5, 5.41) is 3.31. The third kappa shape index (κ3) is 4.78. The number of nitrogens with zero attached hydrogens (tertiary/aromatic N) is 1. The van der Waals surface area contributed by atoms with Gasteiger partial charge in [-0.3, -0.25) is 5.32 Å². The van der Waals surface area contributed by atoms with Gasteiger partial charge in [0.25, 0.3) is 0 Å². The van der Waals surface area contributed by atoms with E-state index < -0.39 is 6.09 Å². The second-order valence-corrected chi connectivity index (χ2v) is 5.65. The molecule has 1 fully saturated rings. The summed E-state index contributed by atoms with van der Waals surface area (Å²) in [4.78, 5) is 14.2. The number of hydrogen-bond acceptors (Lipinski definition) is 3. The van der Waals surface area contributed by atoms with Crippen molar-refractivity contribution in [3.05, 3.63) is 53.6 Å². The summed E-state index contributed by atoms with van der Waals surface area (Å²) >= 11 is 5.79. The van der Waals surface area contributed by atoms with Gasteiger partial charge in [0.05, 0.1) is 0 Å². The van der Waals surface area contributed by atoms with Crippen molar-refractivity contribution in [1.82, 2.24) is 0 Å². The Morgan fingerprint density at radius 3 is 2.22 bits per heavy atom. The zero-order valence-corrected chi connectivity index (χ0v) is 14.1. The molecular weight excluding hydrogens is 335 g/mol. The zero-order valence-electron chi connectivity index (χ0n) is 12.5. The molecule has 1 aliphatic rings. The number of benzene rings is 2. The molecule has 6 heteroatoms. The van der Waals surface area contributed by atoms with Crippen LogP contribution >= 0.6 is 24.0 Å². The van der Waals surface area contributed by atoms with E-state index >= 15 is 0 Å². The molecule has 0 aliphatic carbocycles. The first-order valence-electron chi connectivity index (χ1n) is 7.30. The quantitative estimate of drug-likeness (QED) is 0.847. The van der Waals surface area contributed by atoms with E-state index in [1.807, 2.05) is 24.3 Å². The molecule has 122 valence electrons. The summed E-state index contributed by atoms with van der Waals surface area (Å²) < 4.78 is 5.18. The fourth-order valence-corrected chi connectivity index (χ4v) is 2.61.